The first kappa shape index (κ1) is 13.2. The third-order valence-electron chi connectivity index (χ3n) is 3.03. The molecule has 1 fully saturated rings. The predicted octanol–water partition coefficient (Wildman–Crippen LogP) is 2.43. The van der Waals surface area contributed by atoms with Gasteiger partial charge >= 0.3 is 0 Å². The first-order valence-corrected chi connectivity index (χ1v) is 8.12. The highest BCUT2D eigenvalue weighted by atomic mass is 32.2. The molecule has 1 aliphatic rings. The SMILES string of the molecule is CCC(CN)c1nc(C2SCCSC2C)no1. The smallest absolute Gasteiger partial charge is 0.231 e. The summed E-state index contributed by atoms with van der Waals surface area (Å²) in [5, 5.41) is 5.05. The second kappa shape index (κ2) is 6.11. The summed E-state index contributed by atoms with van der Waals surface area (Å²) in [6, 6.07) is 0. The third-order valence-corrected chi connectivity index (χ3v) is 6.11. The fourth-order valence-electron chi connectivity index (χ4n) is 1.89. The Morgan fingerprint density at radius 2 is 2.24 bits per heavy atom. The average molecular weight is 273 g/mol. The van der Waals surface area contributed by atoms with Gasteiger partial charge in [-0.15, -0.1) is 11.8 Å². The molecule has 0 aromatic carbocycles. The monoisotopic (exact) mass is 273 g/mol. The molecule has 0 bridgehead atoms. The van der Waals surface area contributed by atoms with E-state index in [0.29, 0.717) is 22.9 Å². The Labute approximate surface area is 110 Å². The van der Waals surface area contributed by atoms with Crippen LogP contribution in [-0.4, -0.2) is 33.4 Å². The molecule has 0 radical (unpaired) electrons. The Hall–Kier alpha value is -0.200. The molecule has 1 saturated heterocycles. The van der Waals surface area contributed by atoms with Gasteiger partial charge < -0.3 is 10.3 Å². The van der Waals surface area contributed by atoms with Gasteiger partial charge in [0, 0.05) is 23.3 Å². The molecule has 0 amide bonds. The molecule has 6 heteroatoms. The van der Waals surface area contributed by atoms with E-state index < -0.39 is 0 Å². The van der Waals surface area contributed by atoms with Crippen LogP contribution in [0.3, 0.4) is 0 Å². The van der Waals surface area contributed by atoms with E-state index >= 15 is 0 Å². The molecule has 2 rings (SSSR count). The van der Waals surface area contributed by atoms with Crippen molar-refractivity contribution in [3.05, 3.63) is 11.7 Å². The Morgan fingerprint density at radius 1 is 1.47 bits per heavy atom. The van der Waals surface area contributed by atoms with Crippen molar-refractivity contribution in [2.24, 2.45) is 5.73 Å². The Kier molecular flexibility index (Phi) is 4.76. The lowest BCUT2D eigenvalue weighted by Gasteiger charge is -2.24. The summed E-state index contributed by atoms with van der Waals surface area (Å²) in [5.74, 6) is 4.13. The van der Waals surface area contributed by atoms with Crippen LogP contribution in [0.15, 0.2) is 4.52 Å². The molecule has 3 atom stereocenters. The standard InChI is InChI=1S/C11H19N3OS2/c1-3-8(6-12)11-13-10(14-15-11)9-7(2)16-4-5-17-9/h7-9H,3-6,12H2,1-2H3. The van der Waals surface area contributed by atoms with E-state index in [-0.39, 0.29) is 5.92 Å². The maximum absolute atomic E-state index is 5.69. The van der Waals surface area contributed by atoms with Gasteiger partial charge in [0.2, 0.25) is 5.89 Å². The van der Waals surface area contributed by atoms with Crippen molar-refractivity contribution < 1.29 is 4.52 Å². The number of hydrogen-bond acceptors (Lipinski definition) is 6. The molecule has 0 spiro atoms. The highest BCUT2D eigenvalue weighted by Gasteiger charge is 2.29. The van der Waals surface area contributed by atoms with E-state index in [1.54, 1.807) is 0 Å². The van der Waals surface area contributed by atoms with Crippen molar-refractivity contribution >= 4 is 23.5 Å². The van der Waals surface area contributed by atoms with Crippen LogP contribution in [-0.2, 0) is 0 Å². The van der Waals surface area contributed by atoms with Crippen LogP contribution in [0.1, 0.15) is 43.2 Å². The van der Waals surface area contributed by atoms with Crippen molar-refractivity contribution in [3.63, 3.8) is 0 Å². The third kappa shape index (κ3) is 2.98. The molecule has 0 aliphatic carbocycles. The minimum absolute atomic E-state index is 0.202. The van der Waals surface area contributed by atoms with Crippen LogP contribution in [0.5, 0.6) is 0 Å². The summed E-state index contributed by atoms with van der Waals surface area (Å²) in [4.78, 5) is 4.53. The van der Waals surface area contributed by atoms with Gasteiger partial charge in [-0.2, -0.15) is 16.7 Å². The molecular formula is C11H19N3OS2. The van der Waals surface area contributed by atoms with Crippen molar-refractivity contribution in [1.29, 1.82) is 0 Å². The highest BCUT2D eigenvalue weighted by Crippen LogP contribution is 2.41. The first-order chi connectivity index (χ1) is 8.26. The van der Waals surface area contributed by atoms with Gasteiger partial charge in [0.05, 0.1) is 11.2 Å². The number of hydrogen-bond donors (Lipinski definition) is 1. The topological polar surface area (TPSA) is 64.9 Å². The van der Waals surface area contributed by atoms with Crippen LogP contribution >= 0.6 is 23.5 Å². The van der Waals surface area contributed by atoms with Crippen molar-refractivity contribution in [1.82, 2.24) is 10.1 Å². The summed E-state index contributed by atoms with van der Waals surface area (Å²) in [5.41, 5.74) is 5.69. The normalized spacial score (nSPS) is 27.0. The second-order valence-electron chi connectivity index (χ2n) is 4.20. The minimum atomic E-state index is 0.202. The van der Waals surface area contributed by atoms with E-state index in [1.807, 2.05) is 23.5 Å². The molecule has 4 nitrogen and oxygen atoms in total. The molecule has 0 saturated carbocycles. The van der Waals surface area contributed by atoms with Gasteiger partial charge in [0.25, 0.3) is 0 Å². The quantitative estimate of drug-likeness (QED) is 0.909. The van der Waals surface area contributed by atoms with Crippen molar-refractivity contribution in [3.8, 4) is 0 Å². The van der Waals surface area contributed by atoms with Gasteiger partial charge in [-0.25, -0.2) is 0 Å². The zero-order valence-corrected chi connectivity index (χ0v) is 11.9. The molecule has 1 aromatic heterocycles. The average Bonchev–Trinajstić information content (AvgIpc) is 2.81. The van der Waals surface area contributed by atoms with Crippen LogP contribution in [0.2, 0.25) is 0 Å². The zero-order valence-electron chi connectivity index (χ0n) is 10.3. The lowest BCUT2D eigenvalue weighted by Crippen LogP contribution is -2.17. The summed E-state index contributed by atoms with van der Waals surface area (Å²) in [6.07, 6.45) is 0.945. The lowest BCUT2D eigenvalue weighted by molar-refractivity contribution is 0.347. The minimum Gasteiger partial charge on any atom is -0.339 e. The van der Waals surface area contributed by atoms with Crippen LogP contribution in [0.4, 0.5) is 0 Å². The van der Waals surface area contributed by atoms with E-state index in [1.165, 1.54) is 5.75 Å². The number of rotatable bonds is 4. The first-order valence-electron chi connectivity index (χ1n) is 6.03. The molecule has 1 aromatic rings. The van der Waals surface area contributed by atoms with E-state index in [0.717, 1.165) is 18.0 Å². The maximum Gasteiger partial charge on any atom is 0.231 e. The number of nitrogens with two attached hydrogens (primary N) is 1. The number of aromatic nitrogens is 2. The summed E-state index contributed by atoms with van der Waals surface area (Å²) >= 11 is 3.91. The summed E-state index contributed by atoms with van der Waals surface area (Å²) in [6.45, 7) is 4.90. The van der Waals surface area contributed by atoms with Crippen molar-refractivity contribution in [2.75, 3.05) is 18.1 Å². The predicted molar refractivity (Wildman–Crippen MR) is 73.5 cm³/mol. The van der Waals surface area contributed by atoms with Crippen LogP contribution < -0.4 is 5.73 Å². The fraction of sp³-hybridized carbons (Fsp3) is 0.818. The summed E-state index contributed by atoms with van der Waals surface area (Å²) < 4.78 is 5.35. The van der Waals surface area contributed by atoms with E-state index in [9.17, 15) is 0 Å². The Balaban J connectivity index is 2.11. The Bertz CT molecular complexity index is 354. The molecule has 3 unspecified atom stereocenters. The van der Waals surface area contributed by atoms with Gasteiger partial charge in [0.1, 0.15) is 0 Å². The maximum atomic E-state index is 5.69. The van der Waals surface area contributed by atoms with Gasteiger partial charge in [-0.05, 0) is 6.42 Å². The highest BCUT2D eigenvalue weighted by molar-refractivity contribution is 8.06. The zero-order chi connectivity index (χ0) is 12.3. The van der Waals surface area contributed by atoms with E-state index in [4.69, 9.17) is 10.3 Å². The van der Waals surface area contributed by atoms with Crippen LogP contribution in [0.25, 0.3) is 0 Å². The van der Waals surface area contributed by atoms with Crippen molar-refractivity contribution in [2.45, 2.75) is 36.7 Å². The number of nitrogens with zero attached hydrogens (tertiary/aromatic N) is 2. The molecule has 96 valence electrons. The Morgan fingerprint density at radius 3 is 2.88 bits per heavy atom. The van der Waals surface area contributed by atoms with Gasteiger partial charge in [-0.1, -0.05) is 19.0 Å². The molecule has 1 aliphatic heterocycles. The lowest BCUT2D eigenvalue weighted by atomic mass is 10.1. The van der Waals surface area contributed by atoms with Crippen LogP contribution in [0, 0.1) is 0 Å². The molecular weight excluding hydrogens is 254 g/mol. The van der Waals surface area contributed by atoms with Gasteiger partial charge in [-0.3, -0.25) is 0 Å². The fourth-order valence-corrected chi connectivity index (χ4v) is 4.57. The summed E-state index contributed by atoms with van der Waals surface area (Å²) in [7, 11) is 0. The number of thioether (sulfide) groups is 2. The molecule has 2 N–H and O–H groups in total. The van der Waals surface area contributed by atoms with Gasteiger partial charge in [0.15, 0.2) is 5.82 Å². The largest absolute Gasteiger partial charge is 0.339 e. The molecule has 17 heavy (non-hydrogen) atoms. The second-order valence-corrected chi connectivity index (χ2v) is 6.93. The molecule has 2 heterocycles. The van der Waals surface area contributed by atoms with E-state index in [2.05, 4.69) is 24.0 Å².